The lowest BCUT2D eigenvalue weighted by Gasteiger charge is -2.31. The van der Waals surface area contributed by atoms with E-state index in [4.69, 9.17) is 9.84 Å². The number of ether oxygens (including phenoxy) is 1. The van der Waals surface area contributed by atoms with E-state index in [1.165, 1.54) is 7.11 Å². The molecule has 2 N–H and O–H groups in total. The number of carboxylic acids is 1. The number of nitrogens with zero attached hydrogens (tertiary/aromatic N) is 1. The number of amides is 2. The summed E-state index contributed by atoms with van der Waals surface area (Å²) in [6, 6.07) is -0.314. The van der Waals surface area contributed by atoms with Gasteiger partial charge in [-0.05, 0) is 19.3 Å². The van der Waals surface area contributed by atoms with Gasteiger partial charge in [0.25, 0.3) is 0 Å². The van der Waals surface area contributed by atoms with Crippen molar-refractivity contribution in [3.05, 3.63) is 0 Å². The third-order valence-electron chi connectivity index (χ3n) is 3.73. The lowest BCUT2D eigenvalue weighted by Crippen LogP contribution is -2.48. The van der Waals surface area contributed by atoms with Crippen molar-refractivity contribution < 1.29 is 24.2 Å². The van der Waals surface area contributed by atoms with E-state index in [9.17, 15) is 14.4 Å². The second-order valence-corrected chi connectivity index (χ2v) is 5.32. The molecule has 1 fully saturated rings. The van der Waals surface area contributed by atoms with Crippen LogP contribution in [0.25, 0.3) is 0 Å². The third-order valence-corrected chi connectivity index (χ3v) is 3.73. The molecule has 2 unspecified atom stereocenters. The smallest absolute Gasteiger partial charge is 0.317 e. The lowest BCUT2D eigenvalue weighted by atomic mass is 9.98. The first-order valence-electron chi connectivity index (χ1n) is 7.33. The zero-order valence-electron chi connectivity index (χ0n) is 12.6. The van der Waals surface area contributed by atoms with Crippen LogP contribution in [-0.4, -0.2) is 54.7 Å². The fourth-order valence-electron chi connectivity index (χ4n) is 2.50. The number of likely N-dealkylation sites (tertiary alicyclic amines) is 1. The van der Waals surface area contributed by atoms with E-state index in [2.05, 4.69) is 5.32 Å². The van der Waals surface area contributed by atoms with Crippen molar-refractivity contribution in [1.29, 1.82) is 0 Å². The molecule has 1 rings (SSSR count). The summed E-state index contributed by atoms with van der Waals surface area (Å²) < 4.78 is 4.70. The Morgan fingerprint density at radius 2 is 2.14 bits per heavy atom. The minimum atomic E-state index is -0.900. The van der Waals surface area contributed by atoms with Gasteiger partial charge >= 0.3 is 18.0 Å². The molecule has 120 valence electrons. The Labute approximate surface area is 124 Å². The number of piperidine rings is 1. The number of hydrogen-bond acceptors (Lipinski definition) is 4. The number of methoxy groups -OCH3 is 1. The second-order valence-electron chi connectivity index (χ2n) is 5.32. The Morgan fingerprint density at radius 3 is 2.71 bits per heavy atom. The largest absolute Gasteiger partial charge is 0.481 e. The predicted molar refractivity (Wildman–Crippen MR) is 75.7 cm³/mol. The van der Waals surface area contributed by atoms with Crippen LogP contribution in [0, 0.1) is 11.8 Å². The van der Waals surface area contributed by atoms with Crippen molar-refractivity contribution in [3.63, 3.8) is 0 Å². The van der Waals surface area contributed by atoms with Crippen LogP contribution in [0.2, 0.25) is 0 Å². The quantitative estimate of drug-likeness (QED) is 0.716. The molecule has 0 bridgehead atoms. The Bertz CT molecular complexity index is 386. The van der Waals surface area contributed by atoms with Crippen molar-refractivity contribution in [3.8, 4) is 0 Å². The van der Waals surface area contributed by atoms with E-state index in [0.29, 0.717) is 25.9 Å². The van der Waals surface area contributed by atoms with E-state index < -0.39 is 11.9 Å². The Morgan fingerprint density at radius 1 is 1.43 bits per heavy atom. The molecule has 0 aromatic carbocycles. The summed E-state index contributed by atoms with van der Waals surface area (Å²) in [4.78, 5) is 36.2. The minimum Gasteiger partial charge on any atom is -0.481 e. The van der Waals surface area contributed by atoms with Crippen LogP contribution in [0.5, 0.6) is 0 Å². The van der Waals surface area contributed by atoms with E-state index in [-0.39, 0.29) is 24.5 Å². The molecule has 0 aromatic rings. The first-order valence-corrected chi connectivity index (χ1v) is 7.33. The molecule has 0 spiro atoms. The maximum absolute atomic E-state index is 12.1. The molecule has 1 aliphatic heterocycles. The fourth-order valence-corrected chi connectivity index (χ4v) is 2.50. The van der Waals surface area contributed by atoms with Gasteiger partial charge in [-0.25, -0.2) is 4.79 Å². The summed E-state index contributed by atoms with van der Waals surface area (Å²) in [5, 5.41) is 11.7. The first kappa shape index (κ1) is 17.3. The highest BCUT2D eigenvalue weighted by Gasteiger charge is 2.29. The summed E-state index contributed by atoms with van der Waals surface area (Å²) in [5.74, 6) is -2.06. The van der Waals surface area contributed by atoms with Gasteiger partial charge in [0.2, 0.25) is 0 Å². The molecule has 7 heteroatoms. The SMILES string of the molecule is CCCC(CNC(=O)N1CCCC(C(=O)OC)C1)C(=O)O. The molecule has 1 aliphatic rings. The van der Waals surface area contributed by atoms with E-state index in [0.717, 1.165) is 12.8 Å². The second kappa shape index (κ2) is 8.49. The number of hydrogen-bond donors (Lipinski definition) is 2. The molecule has 2 amide bonds. The van der Waals surface area contributed by atoms with Crippen LogP contribution in [0.1, 0.15) is 32.6 Å². The zero-order chi connectivity index (χ0) is 15.8. The summed E-state index contributed by atoms with van der Waals surface area (Å²) in [6.07, 6.45) is 2.73. The van der Waals surface area contributed by atoms with Gasteiger partial charge < -0.3 is 20.1 Å². The number of esters is 1. The predicted octanol–water partition coefficient (Wildman–Crippen LogP) is 1.08. The number of carbonyl (C=O) groups excluding carboxylic acids is 2. The van der Waals surface area contributed by atoms with Crippen molar-refractivity contribution in [1.82, 2.24) is 10.2 Å². The van der Waals surface area contributed by atoms with Crippen molar-refractivity contribution in [2.45, 2.75) is 32.6 Å². The highest BCUT2D eigenvalue weighted by atomic mass is 16.5. The molecule has 2 atom stereocenters. The van der Waals surface area contributed by atoms with E-state index in [1.807, 2.05) is 6.92 Å². The van der Waals surface area contributed by atoms with Crippen LogP contribution >= 0.6 is 0 Å². The van der Waals surface area contributed by atoms with Gasteiger partial charge in [-0.3, -0.25) is 9.59 Å². The standard InChI is InChI=1S/C14H24N2O5/c1-3-5-10(12(17)18)8-15-14(20)16-7-4-6-11(9-16)13(19)21-2/h10-11H,3-9H2,1-2H3,(H,15,20)(H,17,18). The zero-order valence-corrected chi connectivity index (χ0v) is 12.6. The first-order chi connectivity index (χ1) is 9.99. The maximum atomic E-state index is 12.1. The van der Waals surface area contributed by atoms with E-state index >= 15 is 0 Å². The average Bonchev–Trinajstić information content (AvgIpc) is 2.50. The van der Waals surface area contributed by atoms with Gasteiger partial charge in [0.1, 0.15) is 0 Å². The molecule has 0 radical (unpaired) electrons. The van der Waals surface area contributed by atoms with E-state index in [1.54, 1.807) is 4.90 Å². The molecular formula is C14H24N2O5. The molecule has 0 aliphatic carbocycles. The summed E-state index contributed by atoms with van der Waals surface area (Å²) >= 11 is 0. The van der Waals surface area contributed by atoms with Crippen LogP contribution < -0.4 is 5.32 Å². The number of rotatable bonds is 6. The highest BCUT2D eigenvalue weighted by Crippen LogP contribution is 2.17. The van der Waals surface area contributed by atoms with Gasteiger partial charge in [-0.15, -0.1) is 0 Å². The average molecular weight is 300 g/mol. The number of nitrogens with one attached hydrogen (secondary N) is 1. The monoisotopic (exact) mass is 300 g/mol. The molecule has 1 heterocycles. The van der Waals surface area contributed by atoms with Crippen molar-refractivity contribution in [2.75, 3.05) is 26.7 Å². The maximum Gasteiger partial charge on any atom is 0.317 e. The van der Waals surface area contributed by atoms with Crippen LogP contribution in [0.15, 0.2) is 0 Å². The lowest BCUT2D eigenvalue weighted by molar-refractivity contribution is -0.146. The molecule has 7 nitrogen and oxygen atoms in total. The van der Waals surface area contributed by atoms with Gasteiger partial charge in [-0.2, -0.15) is 0 Å². The van der Waals surface area contributed by atoms with Gasteiger partial charge in [0, 0.05) is 19.6 Å². The highest BCUT2D eigenvalue weighted by molar-refractivity contribution is 5.78. The Kier molecular flexibility index (Phi) is 6.98. The van der Waals surface area contributed by atoms with Gasteiger partial charge in [0.05, 0.1) is 18.9 Å². The van der Waals surface area contributed by atoms with Crippen molar-refractivity contribution >= 4 is 18.0 Å². The molecule has 0 aromatic heterocycles. The van der Waals surface area contributed by atoms with Crippen LogP contribution in [0.3, 0.4) is 0 Å². The number of carbonyl (C=O) groups is 3. The summed E-state index contributed by atoms with van der Waals surface area (Å²) in [6.45, 7) is 2.92. The topological polar surface area (TPSA) is 95.9 Å². The fraction of sp³-hybridized carbons (Fsp3) is 0.786. The number of carboxylic acid groups (broad SMARTS) is 1. The van der Waals surface area contributed by atoms with Gasteiger partial charge in [-0.1, -0.05) is 13.3 Å². The summed E-state index contributed by atoms with van der Waals surface area (Å²) in [7, 11) is 1.34. The Balaban J connectivity index is 2.47. The number of urea groups is 1. The van der Waals surface area contributed by atoms with Crippen molar-refractivity contribution in [2.24, 2.45) is 11.8 Å². The number of aliphatic carboxylic acids is 1. The van der Waals surface area contributed by atoms with Crippen LogP contribution in [0.4, 0.5) is 4.79 Å². The molecule has 1 saturated heterocycles. The molecule has 21 heavy (non-hydrogen) atoms. The summed E-state index contributed by atoms with van der Waals surface area (Å²) in [5.41, 5.74) is 0. The normalized spacial score (nSPS) is 19.7. The third kappa shape index (κ3) is 5.24. The Hall–Kier alpha value is -1.79. The molecule has 0 saturated carbocycles. The van der Waals surface area contributed by atoms with Crippen LogP contribution in [-0.2, 0) is 14.3 Å². The van der Waals surface area contributed by atoms with Gasteiger partial charge in [0.15, 0.2) is 0 Å². The molecular weight excluding hydrogens is 276 g/mol. The minimum absolute atomic E-state index is 0.112.